The fourth-order valence-electron chi connectivity index (χ4n) is 3.45. The van der Waals surface area contributed by atoms with Gasteiger partial charge in [-0.15, -0.1) is 12.4 Å². The molecule has 0 radical (unpaired) electrons. The quantitative estimate of drug-likeness (QED) is 0.636. The van der Waals surface area contributed by atoms with Gasteiger partial charge in [0, 0.05) is 0 Å². The fraction of sp³-hybridized carbons (Fsp3) is 0.208. The molecule has 0 saturated carbocycles. The highest BCUT2D eigenvalue weighted by atomic mass is 35.5. The number of guanidine groups is 1. The first-order valence-corrected chi connectivity index (χ1v) is 9.43. The summed E-state index contributed by atoms with van der Waals surface area (Å²) in [6, 6.07) is 28.1. The number of nitrogens with zero attached hydrogens (tertiary/aromatic N) is 1. The molecule has 2 N–H and O–H groups in total. The number of aliphatic imine (C=N–C) groups is 1. The zero-order valence-electron chi connectivity index (χ0n) is 16.2. The molecular formula is C24H26ClN3. The molecule has 1 aliphatic heterocycles. The summed E-state index contributed by atoms with van der Waals surface area (Å²) >= 11 is 0. The molecule has 1 heterocycles. The minimum Gasteiger partial charge on any atom is -0.347 e. The zero-order valence-corrected chi connectivity index (χ0v) is 17.0. The summed E-state index contributed by atoms with van der Waals surface area (Å²) in [5, 5.41) is 7.20. The lowest BCUT2D eigenvalue weighted by Gasteiger charge is -2.20. The maximum atomic E-state index is 4.77. The predicted octanol–water partition coefficient (Wildman–Crippen LogP) is 5.26. The van der Waals surface area contributed by atoms with Crippen LogP contribution in [-0.4, -0.2) is 5.96 Å². The van der Waals surface area contributed by atoms with Crippen LogP contribution in [0.4, 0.5) is 0 Å². The van der Waals surface area contributed by atoms with Gasteiger partial charge in [0.15, 0.2) is 5.96 Å². The first kappa shape index (κ1) is 20.0. The van der Waals surface area contributed by atoms with Gasteiger partial charge >= 0.3 is 0 Å². The number of benzene rings is 3. The SMILES string of the molecule is Cc1ccc(C2NC(=NCc3ccccc3)NC2c2ccc(C)cc2)cc1.Cl. The fourth-order valence-corrected chi connectivity index (χ4v) is 3.45. The van der Waals surface area contributed by atoms with Crippen molar-refractivity contribution < 1.29 is 0 Å². The van der Waals surface area contributed by atoms with Crippen molar-refractivity contribution in [1.29, 1.82) is 0 Å². The molecule has 4 rings (SSSR count). The first-order valence-electron chi connectivity index (χ1n) is 9.43. The molecule has 2 atom stereocenters. The molecule has 3 nitrogen and oxygen atoms in total. The predicted molar refractivity (Wildman–Crippen MR) is 119 cm³/mol. The smallest absolute Gasteiger partial charge is 0.192 e. The van der Waals surface area contributed by atoms with Crippen LogP contribution in [0.3, 0.4) is 0 Å². The maximum absolute atomic E-state index is 4.77. The van der Waals surface area contributed by atoms with E-state index in [1.807, 2.05) is 6.07 Å². The van der Waals surface area contributed by atoms with E-state index in [0.29, 0.717) is 6.54 Å². The Morgan fingerprint density at radius 1 is 0.679 bits per heavy atom. The van der Waals surface area contributed by atoms with Crippen LogP contribution in [0.15, 0.2) is 83.9 Å². The molecule has 3 aromatic rings. The second-order valence-corrected chi connectivity index (χ2v) is 7.22. The van der Waals surface area contributed by atoms with Crippen molar-refractivity contribution in [2.24, 2.45) is 4.99 Å². The molecule has 0 spiro atoms. The summed E-state index contributed by atoms with van der Waals surface area (Å²) in [6.07, 6.45) is 0. The van der Waals surface area contributed by atoms with Crippen LogP contribution in [0.25, 0.3) is 0 Å². The number of hydrogen-bond acceptors (Lipinski definition) is 1. The van der Waals surface area contributed by atoms with Crippen molar-refractivity contribution in [1.82, 2.24) is 10.6 Å². The van der Waals surface area contributed by atoms with E-state index in [4.69, 9.17) is 4.99 Å². The second kappa shape index (κ2) is 8.94. The van der Waals surface area contributed by atoms with Crippen molar-refractivity contribution in [3.8, 4) is 0 Å². The molecule has 0 aromatic heterocycles. The highest BCUT2D eigenvalue weighted by molar-refractivity contribution is 5.85. The summed E-state index contributed by atoms with van der Waals surface area (Å²) < 4.78 is 0. The average molecular weight is 392 g/mol. The Labute approximate surface area is 173 Å². The molecule has 144 valence electrons. The van der Waals surface area contributed by atoms with Gasteiger partial charge in [-0.1, -0.05) is 90.0 Å². The molecule has 1 saturated heterocycles. The lowest BCUT2D eigenvalue weighted by Crippen LogP contribution is -2.25. The molecule has 1 fully saturated rings. The summed E-state index contributed by atoms with van der Waals surface area (Å²) in [5.74, 6) is 0.856. The van der Waals surface area contributed by atoms with Gasteiger partial charge in [0.2, 0.25) is 0 Å². The Hall–Kier alpha value is -2.78. The molecule has 3 aromatic carbocycles. The van der Waals surface area contributed by atoms with Gasteiger partial charge in [0.25, 0.3) is 0 Å². The zero-order chi connectivity index (χ0) is 18.6. The van der Waals surface area contributed by atoms with Crippen molar-refractivity contribution in [3.63, 3.8) is 0 Å². The summed E-state index contributed by atoms with van der Waals surface area (Å²) in [7, 11) is 0. The van der Waals surface area contributed by atoms with E-state index in [1.54, 1.807) is 0 Å². The minimum absolute atomic E-state index is 0. The van der Waals surface area contributed by atoms with Crippen molar-refractivity contribution >= 4 is 18.4 Å². The van der Waals surface area contributed by atoms with Gasteiger partial charge in [-0.25, -0.2) is 4.99 Å². The Kier molecular flexibility index (Phi) is 6.37. The maximum Gasteiger partial charge on any atom is 0.192 e. The number of rotatable bonds is 4. The Balaban J connectivity index is 0.00000225. The van der Waals surface area contributed by atoms with Crippen LogP contribution < -0.4 is 10.6 Å². The van der Waals surface area contributed by atoms with Gasteiger partial charge < -0.3 is 10.6 Å². The van der Waals surface area contributed by atoms with E-state index in [2.05, 4.69) is 97.3 Å². The summed E-state index contributed by atoms with van der Waals surface area (Å²) in [6.45, 7) is 4.90. The van der Waals surface area contributed by atoms with Crippen LogP contribution in [0.5, 0.6) is 0 Å². The van der Waals surface area contributed by atoms with Crippen molar-refractivity contribution in [2.45, 2.75) is 32.5 Å². The lowest BCUT2D eigenvalue weighted by molar-refractivity contribution is 0.553. The van der Waals surface area contributed by atoms with Gasteiger partial charge in [-0.05, 0) is 30.5 Å². The van der Waals surface area contributed by atoms with Crippen molar-refractivity contribution in [2.75, 3.05) is 0 Å². The third-order valence-corrected chi connectivity index (χ3v) is 5.05. The van der Waals surface area contributed by atoms with Crippen LogP contribution >= 0.6 is 12.4 Å². The van der Waals surface area contributed by atoms with Gasteiger partial charge in [-0.2, -0.15) is 0 Å². The van der Waals surface area contributed by atoms with E-state index in [1.165, 1.54) is 27.8 Å². The van der Waals surface area contributed by atoms with E-state index >= 15 is 0 Å². The normalized spacial score (nSPS) is 18.0. The first-order chi connectivity index (χ1) is 13.2. The number of halogens is 1. The van der Waals surface area contributed by atoms with Crippen molar-refractivity contribution in [3.05, 3.63) is 107 Å². The summed E-state index contributed by atoms with van der Waals surface area (Å²) in [5.41, 5.74) is 6.29. The molecule has 0 bridgehead atoms. The van der Waals surface area contributed by atoms with Gasteiger partial charge in [0.05, 0.1) is 18.6 Å². The van der Waals surface area contributed by atoms with Crippen LogP contribution in [0.2, 0.25) is 0 Å². The lowest BCUT2D eigenvalue weighted by atomic mass is 9.94. The minimum atomic E-state index is 0. The van der Waals surface area contributed by atoms with E-state index in [0.717, 1.165) is 5.96 Å². The highest BCUT2D eigenvalue weighted by Crippen LogP contribution is 2.32. The molecular weight excluding hydrogens is 366 g/mol. The number of nitrogens with one attached hydrogen (secondary N) is 2. The van der Waals surface area contributed by atoms with Gasteiger partial charge in [0.1, 0.15) is 0 Å². The Morgan fingerprint density at radius 2 is 1.14 bits per heavy atom. The van der Waals surface area contributed by atoms with E-state index in [-0.39, 0.29) is 24.5 Å². The van der Waals surface area contributed by atoms with E-state index < -0.39 is 0 Å². The standard InChI is InChI=1S/C24H25N3.ClH/c1-17-8-12-20(13-9-17)22-23(21-14-10-18(2)11-15-21)27-24(26-22)25-16-19-6-4-3-5-7-19;/h3-15,22-23H,16H2,1-2H3,(H2,25,26,27);1H. The number of hydrogen-bond donors (Lipinski definition) is 2. The Bertz CT molecular complexity index is 863. The van der Waals surface area contributed by atoms with Gasteiger partial charge in [-0.3, -0.25) is 0 Å². The Morgan fingerprint density at radius 3 is 1.61 bits per heavy atom. The van der Waals surface area contributed by atoms with Crippen LogP contribution in [0, 0.1) is 13.8 Å². The topological polar surface area (TPSA) is 36.4 Å². The largest absolute Gasteiger partial charge is 0.347 e. The molecule has 0 amide bonds. The van der Waals surface area contributed by atoms with E-state index in [9.17, 15) is 0 Å². The third-order valence-electron chi connectivity index (χ3n) is 5.05. The molecule has 1 aliphatic rings. The highest BCUT2D eigenvalue weighted by Gasteiger charge is 2.32. The summed E-state index contributed by atoms with van der Waals surface area (Å²) in [4.78, 5) is 4.77. The van der Waals surface area contributed by atoms with Crippen LogP contribution in [-0.2, 0) is 6.54 Å². The number of aryl methyl sites for hydroxylation is 2. The monoisotopic (exact) mass is 391 g/mol. The molecule has 0 aliphatic carbocycles. The molecule has 4 heteroatoms. The van der Waals surface area contributed by atoms with Crippen LogP contribution in [0.1, 0.15) is 39.9 Å². The molecule has 28 heavy (non-hydrogen) atoms. The second-order valence-electron chi connectivity index (χ2n) is 7.22. The third kappa shape index (κ3) is 4.55. The average Bonchev–Trinajstić information content (AvgIpc) is 3.13. The molecule has 2 unspecified atom stereocenters.